The van der Waals surface area contributed by atoms with Crippen molar-refractivity contribution in [3.05, 3.63) is 12.7 Å². The molecule has 0 radical (unpaired) electrons. The van der Waals surface area contributed by atoms with E-state index in [0.717, 1.165) is 0 Å². The van der Waals surface area contributed by atoms with Crippen LogP contribution in [0.2, 0.25) is 0 Å². The Bertz CT molecular complexity index is 221. The maximum absolute atomic E-state index is 10.9. The Morgan fingerprint density at radius 3 is 2.54 bits per heavy atom. The van der Waals surface area contributed by atoms with E-state index in [1.54, 1.807) is 0 Å². The fourth-order valence-electron chi connectivity index (χ4n) is 0.623. The largest absolute Gasteiger partial charge is 0.481 e. The summed E-state index contributed by atoms with van der Waals surface area (Å²) in [7, 11) is 0. The summed E-state index contributed by atoms with van der Waals surface area (Å²) in [6.07, 6.45) is 1.06. The van der Waals surface area contributed by atoms with Crippen molar-refractivity contribution in [3.63, 3.8) is 0 Å². The van der Waals surface area contributed by atoms with Crippen LogP contribution in [0.3, 0.4) is 0 Å². The van der Waals surface area contributed by atoms with Crippen molar-refractivity contribution < 1.29 is 24.2 Å². The predicted molar refractivity (Wildman–Crippen MR) is 43.0 cm³/mol. The number of aliphatic carboxylic acids is 1. The quantitative estimate of drug-likeness (QED) is 0.273. The van der Waals surface area contributed by atoms with Gasteiger partial charge in [0.1, 0.15) is 18.8 Å². The predicted octanol–water partition coefficient (Wildman–Crippen LogP) is 0.00540. The average molecular weight is 186 g/mol. The van der Waals surface area contributed by atoms with Gasteiger partial charge in [-0.25, -0.2) is 0 Å². The number of carboxylic acids is 1. The maximum Gasteiger partial charge on any atom is 0.317 e. The molecule has 5 nitrogen and oxygen atoms in total. The first-order valence-corrected chi connectivity index (χ1v) is 3.56. The zero-order valence-electron chi connectivity index (χ0n) is 6.93. The number of carboxylic acid groups (broad SMARTS) is 1. The van der Waals surface area contributed by atoms with Gasteiger partial charge in [-0.1, -0.05) is 12.7 Å². The van der Waals surface area contributed by atoms with Crippen LogP contribution < -0.4 is 0 Å². The molecule has 0 bridgehead atoms. The minimum absolute atomic E-state index is 0.0250. The minimum atomic E-state index is -1.22. The Hall–Kier alpha value is -1.65. The van der Waals surface area contributed by atoms with Gasteiger partial charge in [0.15, 0.2) is 0 Å². The van der Waals surface area contributed by atoms with Gasteiger partial charge in [-0.15, -0.1) is 0 Å². The van der Waals surface area contributed by atoms with Gasteiger partial charge in [0.2, 0.25) is 0 Å². The highest BCUT2D eigenvalue weighted by atomic mass is 16.5. The molecule has 0 aliphatic heterocycles. The second kappa shape index (κ2) is 5.93. The first-order chi connectivity index (χ1) is 6.11. The van der Waals surface area contributed by atoms with E-state index in [4.69, 9.17) is 5.11 Å². The van der Waals surface area contributed by atoms with E-state index in [2.05, 4.69) is 11.3 Å². The normalized spacial score (nSPS) is 11.4. The van der Waals surface area contributed by atoms with E-state index in [-0.39, 0.29) is 12.9 Å². The zero-order chi connectivity index (χ0) is 10.3. The molecule has 0 saturated heterocycles. The smallest absolute Gasteiger partial charge is 0.317 e. The summed E-state index contributed by atoms with van der Waals surface area (Å²) in [5.41, 5.74) is 0. The van der Waals surface area contributed by atoms with Crippen molar-refractivity contribution in [3.8, 4) is 0 Å². The van der Waals surface area contributed by atoms with E-state index >= 15 is 0 Å². The van der Waals surface area contributed by atoms with Crippen molar-refractivity contribution >= 4 is 18.2 Å². The van der Waals surface area contributed by atoms with Crippen LogP contribution >= 0.6 is 0 Å². The van der Waals surface area contributed by atoms with Crippen molar-refractivity contribution in [2.45, 2.75) is 6.42 Å². The summed E-state index contributed by atoms with van der Waals surface area (Å²) in [6.45, 7) is 3.27. The molecule has 13 heavy (non-hydrogen) atoms. The first kappa shape index (κ1) is 11.4. The monoisotopic (exact) mass is 186 g/mol. The van der Waals surface area contributed by atoms with E-state index < -0.39 is 24.3 Å². The topological polar surface area (TPSA) is 80.7 Å². The lowest BCUT2D eigenvalue weighted by Gasteiger charge is -2.05. The molecule has 0 aromatic rings. The van der Waals surface area contributed by atoms with Crippen molar-refractivity contribution in [1.82, 2.24) is 0 Å². The summed E-state index contributed by atoms with van der Waals surface area (Å²) in [4.78, 5) is 31.3. The molecule has 0 fully saturated rings. The summed E-state index contributed by atoms with van der Waals surface area (Å²) in [5, 5.41) is 8.30. The molecule has 0 aliphatic rings. The number of ether oxygens (including phenoxy) is 1. The van der Waals surface area contributed by atoms with Crippen LogP contribution in [-0.2, 0) is 19.1 Å². The van der Waals surface area contributed by atoms with E-state index in [0.29, 0.717) is 0 Å². The highest BCUT2D eigenvalue weighted by molar-refractivity contribution is 5.91. The number of rotatable bonds is 6. The lowest BCUT2D eigenvalue weighted by molar-refractivity contribution is -0.153. The third-order valence-corrected chi connectivity index (χ3v) is 1.20. The molecule has 0 rings (SSSR count). The lowest BCUT2D eigenvalue weighted by atomic mass is 10.1. The van der Waals surface area contributed by atoms with Crippen LogP contribution in [0.4, 0.5) is 0 Å². The summed E-state index contributed by atoms with van der Waals surface area (Å²) in [6, 6.07) is 0. The van der Waals surface area contributed by atoms with Gasteiger partial charge in [-0.05, 0) is 0 Å². The Morgan fingerprint density at radius 2 is 2.15 bits per heavy atom. The number of carbonyl (C=O) groups excluding carboxylic acids is 2. The second-order valence-electron chi connectivity index (χ2n) is 2.26. The average Bonchev–Trinajstić information content (AvgIpc) is 2.09. The summed E-state index contributed by atoms with van der Waals surface area (Å²) >= 11 is 0. The van der Waals surface area contributed by atoms with E-state index in [1.807, 2.05) is 0 Å². The summed E-state index contributed by atoms with van der Waals surface area (Å²) in [5.74, 6) is -3.28. The first-order valence-electron chi connectivity index (χ1n) is 3.56. The highest BCUT2D eigenvalue weighted by Gasteiger charge is 2.21. The molecule has 0 heterocycles. The van der Waals surface area contributed by atoms with Gasteiger partial charge in [0, 0.05) is 0 Å². The molecule has 0 saturated carbocycles. The standard InChI is InChI=1S/C8H10O5/c1-2-3-13-8(12)6(5-9)4-7(10)11/h2,5-6H,1,3-4H2,(H,10,11). The second-order valence-corrected chi connectivity index (χ2v) is 2.26. The van der Waals surface area contributed by atoms with Gasteiger partial charge in [0.05, 0.1) is 6.42 Å². The number of aldehydes is 1. The van der Waals surface area contributed by atoms with Crippen LogP contribution in [0.1, 0.15) is 6.42 Å². The Kier molecular flexibility index (Phi) is 5.18. The SMILES string of the molecule is C=CCOC(=O)C(C=O)CC(=O)O. The molecule has 1 unspecified atom stereocenters. The highest BCUT2D eigenvalue weighted by Crippen LogP contribution is 2.02. The number of esters is 1. The maximum atomic E-state index is 10.9. The van der Waals surface area contributed by atoms with Crippen LogP contribution in [0.15, 0.2) is 12.7 Å². The summed E-state index contributed by atoms with van der Waals surface area (Å²) < 4.78 is 4.49. The van der Waals surface area contributed by atoms with Gasteiger partial charge >= 0.3 is 11.9 Å². The van der Waals surface area contributed by atoms with Gasteiger partial charge < -0.3 is 14.6 Å². The lowest BCUT2D eigenvalue weighted by Crippen LogP contribution is -2.22. The Morgan fingerprint density at radius 1 is 1.54 bits per heavy atom. The van der Waals surface area contributed by atoms with Gasteiger partial charge in [-0.3, -0.25) is 9.59 Å². The molecule has 72 valence electrons. The third kappa shape index (κ3) is 4.73. The molecule has 0 spiro atoms. The molecule has 0 aromatic heterocycles. The van der Waals surface area contributed by atoms with E-state index in [9.17, 15) is 14.4 Å². The number of hydrogen-bond acceptors (Lipinski definition) is 4. The van der Waals surface area contributed by atoms with Crippen LogP contribution in [0.25, 0.3) is 0 Å². The minimum Gasteiger partial charge on any atom is -0.481 e. The fourth-order valence-corrected chi connectivity index (χ4v) is 0.623. The van der Waals surface area contributed by atoms with Crippen molar-refractivity contribution in [2.24, 2.45) is 5.92 Å². The fraction of sp³-hybridized carbons (Fsp3) is 0.375. The van der Waals surface area contributed by atoms with Crippen LogP contribution in [0.5, 0.6) is 0 Å². The molecular formula is C8H10O5. The molecule has 0 aliphatic carbocycles. The van der Waals surface area contributed by atoms with E-state index in [1.165, 1.54) is 6.08 Å². The van der Waals surface area contributed by atoms with Crippen LogP contribution in [-0.4, -0.2) is 29.9 Å². The van der Waals surface area contributed by atoms with Crippen LogP contribution in [0, 0.1) is 5.92 Å². The number of hydrogen-bond donors (Lipinski definition) is 1. The Labute approximate surface area is 75.0 Å². The molecule has 1 atom stereocenters. The van der Waals surface area contributed by atoms with Crippen molar-refractivity contribution in [2.75, 3.05) is 6.61 Å². The molecule has 5 heteroatoms. The van der Waals surface area contributed by atoms with Gasteiger partial charge in [-0.2, -0.15) is 0 Å². The Balaban J connectivity index is 4.06. The number of carbonyl (C=O) groups is 3. The van der Waals surface area contributed by atoms with Crippen molar-refractivity contribution in [1.29, 1.82) is 0 Å². The molecule has 1 N–H and O–H groups in total. The zero-order valence-corrected chi connectivity index (χ0v) is 6.93. The molecular weight excluding hydrogens is 176 g/mol. The third-order valence-electron chi connectivity index (χ3n) is 1.20. The molecule has 0 aromatic carbocycles. The molecule has 0 amide bonds. The van der Waals surface area contributed by atoms with Gasteiger partial charge in [0.25, 0.3) is 0 Å².